The predicted octanol–water partition coefficient (Wildman–Crippen LogP) is 5.68. The number of fused-ring (bicyclic) bond motifs is 1. The van der Waals surface area contributed by atoms with Crippen LogP contribution in [0.2, 0.25) is 0 Å². The maximum Gasteiger partial charge on any atom is 0.298 e. The number of ether oxygens (including phenoxy) is 1. The molecule has 0 spiro atoms. The zero-order valence-corrected chi connectivity index (χ0v) is 27.9. The summed E-state index contributed by atoms with van der Waals surface area (Å²) in [4.78, 5) is 38.2. The Kier molecular flexibility index (Phi) is 9.37. The molecule has 6 aromatic rings. The van der Waals surface area contributed by atoms with Crippen LogP contribution in [0.5, 0.6) is 11.5 Å². The van der Waals surface area contributed by atoms with Crippen LogP contribution < -0.4 is 21.3 Å². The Balaban J connectivity index is 1.05. The third kappa shape index (κ3) is 7.12. The second kappa shape index (κ2) is 14.2. The van der Waals surface area contributed by atoms with Gasteiger partial charge in [0.2, 0.25) is 0 Å². The molecule has 1 aliphatic heterocycles. The van der Waals surface area contributed by atoms with Gasteiger partial charge in [0.05, 0.1) is 22.6 Å². The molecule has 3 N–H and O–H groups in total. The van der Waals surface area contributed by atoms with Crippen LogP contribution in [0, 0.1) is 18.6 Å². The van der Waals surface area contributed by atoms with Crippen LogP contribution in [0.3, 0.4) is 0 Å². The van der Waals surface area contributed by atoms with Crippen molar-refractivity contribution in [1.82, 2.24) is 34.5 Å². The number of piperidine rings is 1. The molecule has 3 aromatic carbocycles. The van der Waals surface area contributed by atoms with Gasteiger partial charge < -0.3 is 20.7 Å². The molecule has 50 heavy (non-hydrogen) atoms. The molecule has 1 atom stereocenters. The molecule has 0 aliphatic carbocycles. The average Bonchev–Trinajstić information content (AvgIpc) is 3.78. The maximum absolute atomic E-state index is 14.8. The fraction of sp³-hybridized carbons (Fsp3) is 0.250. The number of amides is 1. The molecule has 0 unspecified atom stereocenters. The van der Waals surface area contributed by atoms with Gasteiger partial charge in [-0.05, 0) is 61.2 Å². The Morgan fingerprint density at radius 2 is 1.86 bits per heavy atom. The number of nitrogens with two attached hydrogens (primary N) is 1. The molecular formula is C36H34F2N8O3S. The average molecular weight is 697 g/mol. The highest BCUT2D eigenvalue weighted by atomic mass is 32.1. The topological polar surface area (TPSA) is 133 Å². The van der Waals surface area contributed by atoms with Crippen LogP contribution in [0.15, 0.2) is 90.2 Å². The van der Waals surface area contributed by atoms with Crippen LogP contribution >= 0.6 is 11.3 Å². The minimum atomic E-state index is -0.624. The monoisotopic (exact) mass is 696 g/mol. The molecule has 0 bridgehead atoms. The van der Waals surface area contributed by atoms with Crippen molar-refractivity contribution in [2.45, 2.75) is 38.3 Å². The fourth-order valence-electron chi connectivity index (χ4n) is 6.28. The third-order valence-corrected chi connectivity index (χ3v) is 9.90. The summed E-state index contributed by atoms with van der Waals surface area (Å²) in [5, 5.41) is 7.31. The van der Waals surface area contributed by atoms with Gasteiger partial charge in [-0.25, -0.2) is 18.7 Å². The van der Waals surface area contributed by atoms with Gasteiger partial charge in [0.1, 0.15) is 40.6 Å². The maximum atomic E-state index is 14.8. The molecule has 256 valence electrons. The Bertz CT molecular complexity index is 2200. The molecule has 1 saturated heterocycles. The van der Waals surface area contributed by atoms with E-state index in [0.717, 1.165) is 11.6 Å². The van der Waals surface area contributed by atoms with Gasteiger partial charge in [-0.2, -0.15) is 5.10 Å². The highest BCUT2D eigenvalue weighted by Crippen LogP contribution is 2.31. The lowest BCUT2D eigenvalue weighted by molar-refractivity contribution is 0.0912. The second-order valence-electron chi connectivity index (χ2n) is 12.3. The Morgan fingerprint density at radius 1 is 1.06 bits per heavy atom. The summed E-state index contributed by atoms with van der Waals surface area (Å²) in [7, 11) is 0. The van der Waals surface area contributed by atoms with Crippen LogP contribution in [-0.2, 0) is 6.54 Å². The summed E-state index contributed by atoms with van der Waals surface area (Å²) >= 11 is 1.17. The number of carbonyl (C=O) groups is 1. The molecule has 11 nitrogen and oxygen atoms in total. The number of likely N-dealkylation sites (tertiary alicyclic amines) is 1. The second-order valence-corrected chi connectivity index (χ2v) is 13.4. The van der Waals surface area contributed by atoms with E-state index in [1.165, 1.54) is 34.4 Å². The molecule has 1 aliphatic rings. The van der Waals surface area contributed by atoms with Crippen LogP contribution in [0.1, 0.15) is 39.6 Å². The highest BCUT2D eigenvalue weighted by molar-refractivity contribution is 7.20. The van der Waals surface area contributed by atoms with Crippen molar-refractivity contribution in [3.63, 3.8) is 0 Å². The number of nitrogens with zero attached hydrogens (tertiary/aromatic N) is 6. The summed E-state index contributed by atoms with van der Waals surface area (Å²) in [5.74, 6) is -0.698. The lowest BCUT2D eigenvalue weighted by Crippen LogP contribution is -2.45. The first-order valence-corrected chi connectivity index (χ1v) is 17.0. The number of nitrogens with one attached hydrogen (secondary N) is 1. The van der Waals surface area contributed by atoms with E-state index in [2.05, 4.69) is 25.3 Å². The number of halogens is 2. The quantitative estimate of drug-likeness (QED) is 0.187. The number of nitrogen functional groups attached to an aromatic ring is 1. The lowest BCUT2D eigenvalue weighted by Gasteiger charge is -2.34. The number of hydrogen-bond donors (Lipinski definition) is 2. The highest BCUT2D eigenvalue weighted by Gasteiger charge is 2.27. The number of aryl methyl sites for hydroxylation is 1. The fourth-order valence-corrected chi connectivity index (χ4v) is 7.21. The van der Waals surface area contributed by atoms with E-state index in [9.17, 15) is 18.4 Å². The first-order chi connectivity index (χ1) is 24.2. The Labute approximate surface area is 290 Å². The summed E-state index contributed by atoms with van der Waals surface area (Å²) in [5.41, 5.74) is 7.87. The van der Waals surface area contributed by atoms with E-state index in [1.807, 2.05) is 43.3 Å². The van der Waals surface area contributed by atoms with E-state index >= 15 is 0 Å². The van der Waals surface area contributed by atoms with E-state index in [1.54, 1.807) is 29.2 Å². The molecule has 0 radical (unpaired) electrons. The standard InChI is InChI=1S/C36H34F2N8O3S/c1-22-7-9-26(16-31(22)49-27-5-3-2-4-6-27)46-30-17-32(50-35(30)43-33(39)36(46)48)34(47)42-25-11-13-44(14-12-25)18-23(19-45-21-40-20-41-45)28-10-8-24(37)15-29(28)38/h2-10,15-17,20-21,23,25H,11-14,18-19H2,1H3,(H2,39,43)(H,42,47)/t23-/m1/s1. The number of carbonyl (C=O) groups excluding carboxylic acids is 1. The molecular weight excluding hydrogens is 663 g/mol. The van der Waals surface area contributed by atoms with Crippen molar-refractivity contribution in [3.05, 3.63) is 123 Å². The van der Waals surface area contributed by atoms with Gasteiger partial charge in [0.15, 0.2) is 5.82 Å². The first-order valence-electron chi connectivity index (χ1n) is 16.2. The largest absolute Gasteiger partial charge is 0.457 e. The van der Waals surface area contributed by atoms with Gasteiger partial charge >= 0.3 is 0 Å². The first kappa shape index (κ1) is 33.0. The molecule has 7 rings (SSSR count). The van der Waals surface area contributed by atoms with Gasteiger partial charge in [0.25, 0.3) is 11.5 Å². The smallest absolute Gasteiger partial charge is 0.298 e. The summed E-state index contributed by atoms with van der Waals surface area (Å²) < 4.78 is 37.7. The number of benzene rings is 3. The Hall–Kier alpha value is -5.47. The summed E-state index contributed by atoms with van der Waals surface area (Å²) in [6.45, 7) is 4.18. The van der Waals surface area contributed by atoms with Crippen molar-refractivity contribution in [2.75, 3.05) is 25.4 Å². The van der Waals surface area contributed by atoms with Gasteiger partial charge in [-0.3, -0.25) is 18.8 Å². The number of thiophene rings is 1. The predicted molar refractivity (Wildman–Crippen MR) is 187 cm³/mol. The number of hydrogen-bond acceptors (Lipinski definition) is 9. The minimum absolute atomic E-state index is 0.0877. The molecule has 4 heterocycles. The molecule has 14 heteroatoms. The normalized spacial score (nSPS) is 14.5. The van der Waals surface area contributed by atoms with Crippen LogP contribution in [0.25, 0.3) is 16.0 Å². The van der Waals surface area contributed by atoms with E-state index in [-0.39, 0.29) is 23.7 Å². The minimum Gasteiger partial charge on any atom is -0.457 e. The number of rotatable bonds is 10. The number of anilines is 1. The molecule has 0 saturated carbocycles. The molecule has 1 amide bonds. The molecule has 1 fully saturated rings. The van der Waals surface area contributed by atoms with E-state index in [4.69, 9.17) is 10.5 Å². The van der Waals surface area contributed by atoms with Gasteiger partial charge in [0, 0.05) is 43.7 Å². The van der Waals surface area contributed by atoms with Gasteiger partial charge in [-0.1, -0.05) is 30.3 Å². The zero-order chi connectivity index (χ0) is 34.8. The summed E-state index contributed by atoms with van der Waals surface area (Å²) in [6, 6.07) is 20.0. The SMILES string of the molecule is Cc1ccc(-n2c(=O)c(N)nc3sc(C(=O)NC4CCN(C[C@H](Cn5cncn5)c5ccc(F)cc5F)CC4)cc32)cc1Oc1ccccc1. The van der Waals surface area contributed by atoms with Crippen molar-refractivity contribution in [3.8, 4) is 17.2 Å². The van der Waals surface area contributed by atoms with Crippen LogP contribution in [0.4, 0.5) is 14.6 Å². The van der Waals surface area contributed by atoms with E-state index in [0.29, 0.717) is 77.0 Å². The van der Waals surface area contributed by atoms with Crippen LogP contribution in [-0.4, -0.2) is 60.8 Å². The Morgan fingerprint density at radius 3 is 2.60 bits per heavy atom. The lowest BCUT2D eigenvalue weighted by atomic mass is 9.96. The summed E-state index contributed by atoms with van der Waals surface area (Å²) in [6.07, 6.45) is 4.36. The van der Waals surface area contributed by atoms with Gasteiger partial charge in [-0.15, -0.1) is 11.3 Å². The van der Waals surface area contributed by atoms with Crippen molar-refractivity contribution < 1.29 is 18.3 Å². The number of aromatic nitrogens is 5. The van der Waals surface area contributed by atoms with E-state index < -0.39 is 17.2 Å². The third-order valence-electron chi connectivity index (χ3n) is 8.88. The van der Waals surface area contributed by atoms with Crippen molar-refractivity contribution >= 4 is 33.4 Å². The van der Waals surface area contributed by atoms with Crippen molar-refractivity contribution in [2.24, 2.45) is 0 Å². The number of para-hydroxylation sites is 1. The molecule has 3 aromatic heterocycles. The van der Waals surface area contributed by atoms with Crippen molar-refractivity contribution in [1.29, 1.82) is 0 Å². The zero-order valence-electron chi connectivity index (χ0n) is 27.1.